The highest BCUT2D eigenvalue weighted by Crippen LogP contribution is 2.27. The first-order chi connectivity index (χ1) is 12.8. The van der Waals surface area contributed by atoms with Gasteiger partial charge in [0.15, 0.2) is 5.96 Å². The maximum Gasteiger partial charge on any atom is 0.433 e. The molecule has 0 saturated carbocycles. The van der Waals surface area contributed by atoms with E-state index in [2.05, 4.69) is 30.7 Å². The number of anilines is 1. The van der Waals surface area contributed by atoms with Crippen LogP contribution in [0.25, 0.3) is 0 Å². The molecule has 11 heteroatoms. The lowest BCUT2D eigenvalue weighted by Gasteiger charge is -2.21. The van der Waals surface area contributed by atoms with E-state index in [1.165, 1.54) is 0 Å². The molecule has 0 amide bonds. The summed E-state index contributed by atoms with van der Waals surface area (Å²) in [6.07, 6.45) is 0.289. The van der Waals surface area contributed by atoms with Gasteiger partial charge in [-0.25, -0.2) is 9.97 Å². The zero-order valence-corrected chi connectivity index (χ0v) is 15.5. The number of alkyl halides is 3. The molecule has 0 saturated heterocycles. The average molecular weight is 384 g/mol. The van der Waals surface area contributed by atoms with Crippen LogP contribution < -0.4 is 10.6 Å². The van der Waals surface area contributed by atoms with Crippen LogP contribution in [0.1, 0.15) is 18.2 Å². The molecule has 148 valence electrons. The predicted octanol–water partition coefficient (Wildman–Crippen LogP) is 1.74. The molecule has 0 unspecified atom stereocenters. The van der Waals surface area contributed by atoms with E-state index in [9.17, 15) is 13.2 Å². The van der Waals surface area contributed by atoms with Crippen molar-refractivity contribution in [3.63, 3.8) is 0 Å². The topological polar surface area (TPSA) is 83.3 Å². The molecule has 0 spiro atoms. The fourth-order valence-corrected chi connectivity index (χ4v) is 2.30. The van der Waals surface area contributed by atoms with E-state index in [-0.39, 0.29) is 5.95 Å². The highest BCUT2D eigenvalue weighted by molar-refractivity contribution is 5.79. The van der Waals surface area contributed by atoms with Crippen molar-refractivity contribution in [1.29, 1.82) is 0 Å². The van der Waals surface area contributed by atoms with Gasteiger partial charge in [-0.15, -0.1) is 0 Å². The maximum atomic E-state index is 12.7. The summed E-state index contributed by atoms with van der Waals surface area (Å²) in [4.78, 5) is 13.7. The SMILES string of the molecule is CCNC(=NCCNc1nccc(C(F)(F)F)n1)N(C)Cc1cnn(C)c1. The van der Waals surface area contributed by atoms with Gasteiger partial charge >= 0.3 is 6.18 Å². The lowest BCUT2D eigenvalue weighted by atomic mass is 10.3. The first-order valence-corrected chi connectivity index (χ1v) is 8.40. The third-order valence-corrected chi connectivity index (χ3v) is 3.48. The first-order valence-electron chi connectivity index (χ1n) is 8.40. The Hall–Kier alpha value is -2.85. The Morgan fingerprint density at radius 3 is 2.78 bits per heavy atom. The number of guanidine groups is 1. The maximum absolute atomic E-state index is 12.7. The van der Waals surface area contributed by atoms with Crippen molar-refractivity contribution in [2.24, 2.45) is 12.0 Å². The summed E-state index contributed by atoms with van der Waals surface area (Å²) in [5, 5.41) is 10.1. The summed E-state index contributed by atoms with van der Waals surface area (Å²) in [6, 6.07) is 0.833. The molecule has 0 atom stereocenters. The monoisotopic (exact) mass is 384 g/mol. The van der Waals surface area contributed by atoms with E-state index >= 15 is 0 Å². The molecule has 0 aliphatic heterocycles. The van der Waals surface area contributed by atoms with Crippen LogP contribution in [0.5, 0.6) is 0 Å². The summed E-state index contributed by atoms with van der Waals surface area (Å²) in [7, 11) is 3.75. The smallest absolute Gasteiger partial charge is 0.357 e. The molecule has 2 aromatic rings. The highest BCUT2D eigenvalue weighted by atomic mass is 19.4. The molecule has 2 N–H and O–H groups in total. The van der Waals surface area contributed by atoms with Gasteiger partial charge in [0.25, 0.3) is 0 Å². The zero-order valence-electron chi connectivity index (χ0n) is 15.5. The van der Waals surface area contributed by atoms with Gasteiger partial charge < -0.3 is 15.5 Å². The number of hydrogen-bond acceptors (Lipinski definition) is 5. The summed E-state index contributed by atoms with van der Waals surface area (Å²) in [5.74, 6) is 0.613. The second kappa shape index (κ2) is 9.19. The summed E-state index contributed by atoms with van der Waals surface area (Å²) >= 11 is 0. The lowest BCUT2D eigenvalue weighted by Crippen LogP contribution is -2.38. The van der Waals surface area contributed by atoms with E-state index in [4.69, 9.17) is 0 Å². The fraction of sp³-hybridized carbons (Fsp3) is 0.500. The molecule has 2 rings (SSSR count). The van der Waals surface area contributed by atoms with Gasteiger partial charge in [0.05, 0.1) is 12.7 Å². The molecular weight excluding hydrogens is 361 g/mol. The van der Waals surface area contributed by atoms with Crippen molar-refractivity contribution in [1.82, 2.24) is 30.0 Å². The Morgan fingerprint density at radius 2 is 2.15 bits per heavy atom. The Morgan fingerprint density at radius 1 is 1.37 bits per heavy atom. The summed E-state index contributed by atoms with van der Waals surface area (Å²) in [6.45, 7) is 3.93. The van der Waals surface area contributed by atoms with Crippen LogP contribution in [0.3, 0.4) is 0 Å². The Bertz CT molecular complexity index is 756. The van der Waals surface area contributed by atoms with Gasteiger partial charge in [0, 0.05) is 51.7 Å². The zero-order chi connectivity index (χ0) is 19.9. The van der Waals surface area contributed by atoms with Crippen molar-refractivity contribution in [2.75, 3.05) is 32.0 Å². The number of rotatable bonds is 7. The van der Waals surface area contributed by atoms with Crippen molar-refractivity contribution < 1.29 is 13.2 Å². The largest absolute Gasteiger partial charge is 0.433 e. The molecule has 8 nitrogen and oxygen atoms in total. The van der Waals surface area contributed by atoms with Gasteiger partial charge in [0.2, 0.25) is 5.95 Å². The van der Waals surface area contributed by atoms with Crippen LogP contribution >= 0.6 is 0 Å². The van der Waals surface area contributed by atoms with Crippen molar-refractivity contribution in [3.05, 3.63) is 35.9 Å². The molecule has 0 radical (unpaired) electrons. The highest BCUT2D eigenvalue weighted by Gasteiger charge is 2.32. The molecular formula is C16H23F3N8. The van der Waals surface area contributed by atoms with Crippen LogP contribution in [-0.2, 0) is 19.8 Å². The van der Waals surface area contributed by atoms with Crippen LogP contribution in [0.15, 0.2) is 29.6 Å². The van der Waals surface area contributed by atoms with E-state index in [1.807, 2.05) is 32.1 Å². The van der Waals surface area contributed by atoms with Crippen molar-refractivity contribution >= 4 is 11.9 Å². The van der Waals surface area contributed by atoms with Crippen molar-refractivity contribution in [2.45, 2.75) is 19.6 Å². The van der Waals surface area contributed by atoms with E-state index < -0.39 is 11.9 Å². The van der Waals surface area contributed by atoms with Crippen LogP contribution in [0.4, 0.5) is 19.1 Å². The minimum atomic E-state index is -4.50. The second-order valence-electron chi connectivity index (χ2n) is 5.80. The van der Waals surface area contributed by atoms with Gasteiger partial charge in [-0.3, -0.25) is 9.67 Å². The number of aryl methyl sites for hydroxylation is 1. The number of nitrogens with one attached hydrogen (secondary N) is 2. The number of aromatic nitrogens is 4. The average Bonchev–Trinajstić information content (AvgIpc) is 3.02. The van der Waals surface area contributed by atoms with Gasteiger partial charge in [-0.1, -0.05) is 0 Å². The number of halogens is 3. The molecule has 2 aromatic heterocycles. The third kappa shape index (κ3) is 6.42. The fourth-order valence-electron chi connectivity index (χ4n) is 2.30. The second-order valence-corrected chi connectivity index (χ2v) is 5.80. The van der Waals surface area contributed by atoms with E-state index in [0.29, 0.717) is 32.1 Å². The van der Waals surface area contributed by atoms with Crippen LogP contribution in [0.2, 0.25) is 0 Å². The van der Waals surface area contributed by atoms with Crippen molar-refractivity contribution in [3.8, 4) is 0 Å². The minimum Gasteiger partial charge on any atom is -0.357 e. The molecule has 0 aliphatic rings. The van der Waals surface area contributed by atoms with Crippen LogP contribution in [-0.4, -0.2) is 57.3 Å². The minimum absolute atomic E-state index is 0.0752. The number of aliphatic imine (C=N–C) groups is 1. The quantitative estimate of drug-likeness (QED) is 0.430. The summed E-state index contributed by atoms with van der Waals surface area (Å²) in [5.41, 5.74) is 0.0640. The predicted molar refractivity (Wildman–Crippen MR) is 96.2 cm³/mol. The van der Waals surface area contributed by atoms with Crippen LogP contribution in [0, 0.1) is 0 Å². The molecule has 0 aliphatic carbocycles. The Balaban J connectivity index is 1.91. The molecule has 27 heavy (non-hydrogen) atoms. The Kier molecular flexibility index (Phi) is 6.97. The number of hydrogen-bond donors (Lipinski definition) is 2. The summed E-state index contributed by atoms with van der Waals surface area (Å²) < 4.78 is 39.7. The first kappa shape index (κ1) is 20.5. The molecule has 0 aromatic carbocycles. The standard InChI is InChI=1S/C16H23F3N8/c1-4-20-15(26(2)10-12-9-24-27(3)11-12)23-8-7-22-14-21-6-5-13(25-14)16(17,18)19/h5-6,9,11H,4,7-8,10H2,1-3H3,(H,20,23)(H,21,22,25). The molecule has 0 fully saturated rings. The molecule has 0 bridgehead atoms. The molecule has 2 heterocycles. The normalized spacial score (nSPS) is 12.1. The van der Waals surface area contributed by atoms with Gasteiger partial charge in [-0.05, 0) is 13.0 Å². The van der Waals surface area contributed by atoms with Gasteiger partial charge in [-0.2, -0.15) is 18.3 Å². The van der Waals surface area contributed by atoms with Gasteiger partial charge in [0.1, 0.15) is 5.69 Å². The third-order valence-electron chi connectivity index (χ3n) is 3.48. The Labute approximate surface area is 155 Å². The van der Waals surface area contributed by atoms with E-state index in [1.54, 1.807) is 10.9 Å². The lowest BCUT2D eigenvalue weighted by molar-refractivity contribution is -0.141. The van der Waals surface area contributed by atoms with E-state index in [0.717, 1.165) is 17.8 Å². The number of nitrogens with zero attached hydrogens (tertiary/aromatic N) is 6.